The van der Waals surface area contributed by atoms with Crippen LogP contribution in [0.25, 0.3) is 44.3 Å². The minimum atomic E-state index is -0.171. The maximum Gasteiger partial charge on any atom is 0.279 e. The number of pyridine rings is 2. The summed E-state index contributed by atoms with van der Waals surface area (Å²) in [5, 5.41) is 1.31. The van der Waals surface area contributed by atoms with Crippen molar-refractivity contribution in [2.24, 2.45) is 0 Å². The fourth-order valence-corrected chi connectivity index (χ4v) is 5.59. The van der Waals surface area contributed by atoms with E-state index in [2.05, 4.69) is 9.97 Å². The third-order valence-electron chi connectivity index (χ3n) is 7.35. The molecule has 0 atom stereocenters. The number of carbonyl (C=O) groups is 2. The molecule has 184 valence electrons. The van der Waals surface area contributed by atoms with Gasteiger partial charge in [-0.1, -0.05) is 24.3 Å². The number of aromatic nitrogens is 4. The quantitative estimate of drug-likeness (QED) is 0.317. The third kappa shape index (κ3) is 2.79. The van der Waals surface area contributed by atoms with Crippen LogP contribution in [0.1, 0.15) is 32.1 Å². The summed E-state index contributed by atoms with van der Waals surface area (Å²) < 4.78 is 3.02. The number of carbonyl (C=O) groups excluding carboxylic acids is 2. The second-order valence-electron chi connectivity index (χ2n) is 9.54. The zero-order chi connectivity index (χ0) is 26.3. The Hall–Kier alpha value is -5.24. The van der Waals surface area contributed by atoms with Gasteiger partial charge >= 0.3 is 0 Å². The van der Waals surface area contributed by atoms with Gasteiger partial charge in [0.15, 0.2) is 10.9 Å². The molecular weight excluding hydrogens is 480 g/mol. The van der Waals surface area contributed by atoms with Crippen molar-refractivity contribution in [2.45, 2.75) is 13.8 Å². The van der Waals surface area contributed by atoms with E-state index < -0.39 is 0 Å². The number of H-pyrrole nitrogens is 2. The van der Waals surface area contributed by atoms with Gasteiger partial charge in [-0.3, -0.25) is 28.3 Å². The van der Waals surface area contributed by atoms with Gasteiger partial charge in [0.05, 0.1) is 33.5 Å². The summed E-state index contributed by atoms with van der Waals surface area (Å²) in [6, 6.07) is 18.3. The molecule has 8 nitrogen and oxygen atoms in total. The molecule has 2 N–H and O–H groups in total. The fourth-order valence-electron chi connectivity index (χ4n) is 5.59. The Labute approximate surface area is 214 Å². The molecule has 0 spiro atoms. The molecule has 0 bridgehead atoms. The van der Waals surface area contributed by atoms with E-state index in [1.807, 2.05) is 50.2 Å². The van der Waals surface area contributed by atoms with Crippen LogP contribution in [-0.4, -0.2) is 30.9 Å². The van der Waals surface area contributed by atoms with E-state index >= 15 is 0 Å². The van der Waals surface area contributed by atoms with E-state index in [1.54, 1.807) is 36.7 Å². The van der Waals surface area contributed by atoms with Crippen LogP contribution < -0.4 is 10.9 Å². The summed E-state index contributed by atoms with van der Waals surface area (Å²) in [5.74, 6) is -0.342. The van der Waals surface area contributed by atoms with Crippen LogP contribution >= 0.6 is 0 Å². The Kier molecular flexibility index (Phi) is 4.42. The first-order chi connectivity index (χ1) is 18.4. The summed E-state index contributed by atoms with van der Waals surface area (Å²) in [5.41, 5.74) is 6.19. The standard InChI is InChI=1S/2C15H10N2O2/c2*1-8-4-2-5-9-11(8)14(18)12-10-6-3-7-17(10)15(19)13(12)16-9/h2*2-7H,1H3,(H,16,18). The molecule has 2 aliphatic heterocycles. The molecule has 0 saturated carbocycles. The number of hydrogen-bond donors (Lipinski definition) is 2. The largest absolute Gasteiger partial charge is 0.350 e. The Morgan fingerprint density at radius 2 is 0.974 bits per heavy atom. The Balaban J connectivity index is 0.000000127. The van der Waals surface area contributed by atoms with Crippen LogP contribution in [0.15, 0.2) is 82.6 Å². The van der Waals surface area contributed by atoms with Gasteiger partial charge in [-0.2, -0.15) is 0 Å². The molecule has 38 heavy (non-hydrogen) atoms. The maximum absolute atomic E-state index is 12.7. The third-order valence-corrected chi connectivity index (χ3v) is 7.35. The lowest BCUT2D eigenvalue weighted by Gasteiger charge is -2.04. The molecule has 8 heteroatoms. The van der Waals surface area contributed by atoms with Crippen molar-refractivity contribution in [3.63, 3.8) is 0 Å². The topological polar surface area (TPSA) is 110 Å². The predicted octanol–water partition coefficient (Wildman–Crippen LogP) is 4.61. The number of fused-ring (bicyclic) bond motifs is 8. The number of nitrogens with zero attached hydrogens (tertiary/aromatic N) is 2. The average molecular weight is 501 g/mol. The predicted molar refractivity (Wildman–Crippen MR) is 145 cm³/mol. The summed E-state index contributed by atoms with van der Waals surface area (Å²) in [6.45, 7) is 3.81. The van der Waals surface area contributed by atoms with Crippen molar-refractivity contribution in [2.75, 3.05) is 0 Å². The van der Waals surface area contributed by atoms with Crippen LogP contribution in [-0.2, 0) is 0 Å². The zero-order valence-electron chi connectivity index (χ0n) is 20.5. The van der Waals surface area contributed by atoms with Crippen molar-refractivity contribution in [1.82, 2.24) is 19.1 Å². The van der Waals surface area contributed by atoms with E-state index in [-0.39, 0.29) is 22.7 Å². The molecule has 0 saturated heterocycles. The average Bonchev–Trinajstić information content (AvgIpc) is 3.66. The van der Waals surface area contributed by atoms with Gasteiger partial charge in [0.2, 0.25) is 0 Å². The number of nitrogens with one attached hydrogen (secondary N) is 2. The second kappa shape index (κ2) is 7.63. The Morgan fingerprint density at radius 3 is 1.39 bits per heavy atom. The molecule has 8 rings (SSSR count). The molecule has 0 fully saturated rings. The van der Waals surface area contributed by atoms with Gasteiger partial charge < -0.3 is 9.97 Å². The lowest BCUT2D eigenvalue weighted by atomic mass is 10.0. The molecular formula is C30H20N4O4. The Bertz CT molecular complexity index is 1980. The van der Waals surface area contributed by atoms with Crippen LogP contribution in [0.2, 0.25) is 0 Å². The first-order valence-electron chi connectivity index (χ1n) is 12.1. The van der Waals surface area contributed by atoms with E-state index in [0.717, 1.165) is 11.1 Å². The molecule has 6 aromatic rings. The summed E-state index contributed by atoms with van der Waals surface area (Å²) >= 11 is 0. The van der Waals surface area contributed by atoms with Gasteiger partial charge in [0.25, 0.3) is 11.8 Å². The van der Waals surface area contributed by atoms with Crippen LogP contribution in [0.3, 0.4) is 0 Å². The highest BCUT2D eigenvalue weighted by Gasteiger charge is 2.31. The number of rotatable bonds is 0. The number of aromatic amines is 2. The van der Waals surface area contributed by atoms with Gasteiger partial charge in [-0.15, -0.1) is 0 Å². The molecule has 2 aliphatic rings. The highest BCUT2D eigenvalue weighted by molar-refractivity contribution is 6.10. The van der Waals surface area contributed by atoms with Crippen molar-refractivity contribution in [1.29, 1.82) is 0 Å². The monoisotopic (exact) mass is 500 g/mol. The number of benzene rings is 2. The van der Waals surface area contributed by atoms with E-state index in [0.29, 0.717) is 55.7 Å². The van der Waals surface area contributed by atoms with Crippen molar-refractivity contribution in [3.8, 4) is 22.5 Å². The lowest BCUT2D eigenvalue weighted by Crippen LogP contribution is -2.12. The van der Waals surface area contributed by atoms with E-state index in [4.69, 9.17) is 0 Å². The highest BCUT2D eigenvalue weighted by Crippen LogP contribution is 2.31. The van der Waals surface area contributed by atoms with Crippen LogP contribution in [0.5, 0.6) is 0 Å². The fraction of sp³-hybridized carbons (Fsp3) is 0.0667. The molecule has 0 unspecified atom stereocenters. The minimum Gasteiger partial charge on any atom is -0.350 e. The van der Waals surface area contributed by atoms with Gasteiger partial charge in [-0.25, -0.2) is 0 Å². The van der Waals surface area contributed by atoms with Crippen molar-refractivity contribution in [3.05, 3.63) is 116 Å². The summed E-state index contributed by atoms with van der Waals surface area (Å²) in [4.78, 5) is 56.0. The SMILES string of the molecule is Cc1cccc2[nH]c3c(c(=O)c12)-c1cccn1C3=O.Cc1cccc2[nH]c3c(c(=O)c12)-c1cccn1C3=O. The highest BCUT2D eigenvalue weighted by atomic mass is 16.2. The molecule has 2 aromatic carbocycles. The minimum absolute atomic E-state index is 0.0762. The first kappa shape index (κ1) is 22.0. The molecule has 0 aliphatic carbocycles. The first-order valence-corrected chi connectivity index (χ1v) is 12.1. The van der Waals surface area contributed by atoms with E-state index in [9.17, 15) is 19.2 Å². The maximum atomic E-state index is 12.7. The Morgan fingerprint density at radius 1 is 0.553 bits per heavy atom. The molecule has 4 aromatic heterocycles. The lowest BCUT2D eigenvalue weighted by molar-refractivity contribution is 0.0957. The second-order valence-corrected chi connectivity index (χ2v) is 9.54. The van der Waals surface area contributed by atoms with Crippen LogP contribution in [0.4, 0.5) is 0 Å². The zero-order valence-corrected chi connectivity index (χ0v) is 20.5. The molecule has 0 radical (unpaired) electrons. The molecule has 0 amide bonds. The van der Waals surface area contributed by atoms with Gasteiger partial charge in [0, 0.05) is 23.2 Å². The van der Waals surface area contributed by atoms with Gasteiger partial charge in [-0.05, 0) is 61.4 Å². The smallest absolute Gasteiger partial charge is 0.279 e. The van der Waals surface area contributed by atoms with E-state index in [1.165, 1.54) is 9.13 Å². The summed E-state index contributed by atoms with van der Waals surface area (Å²) in [6.07, 6.45) is 3.37. The number of hydrogen-bond acceptors (Lipinski definition) is 4. The summed E-state index contributed by atoms with van der Waals surface area (Å²) in [7, 11) is 0. The normalized spacial score (nSPS) is 12.8. The number of aryl methyl sites for hydroxylation is 2. The molecule has 6 heterocycles. The van der Waals surface area contributed by atoms with Crippen LogP contribution in [0, 0.1) is 13.8 Å². The van der Waals surface area contributed by atoms with Crippen molar-refractivity contribution < 1.29 is 9.59 Å². The van der Waals surface area contributed by atoms with Gasteiger partial charge in [0.1, 0.15) is 11.4 Å². The van der Waals surface area contributed by atoms with Crippen molar-refractivity contribution >= 4 is 33.6 Å².